The van der Waals surface area contributed by atoms with E-state index in [1.165, 1.54) is 12.1 Å². The van der Waals surface area contributed by atoms with Crippen molar-refractivity contribution in [1.82, 2.24) is 39.1 Å². The number of anilines is 2. The molecule has 4 aliphatic heterocycles. The molecule has 6 heterocycles. The van der Waals surface area contributed by atoms with Crippen LogP contribution in [-0.4, -0.2) is 120 Å². The number of pyridine rings is 1. The van der Waals surface area contributed by atoms with Gasteiger partial charge < -0.3 is 25.0 Å². The van der Waals surface area contributed by atoms with Gasteiger partial charge in [0.15, 0.2) is 5.65 Å². The maximum Gasteiger partial charge on any atom is 0.247 e. The largest absolute Gasteiger partial charge is 0.365 e. The normalized spacial score (nSPS) is 22.8. The Balaban J connectivity index is 1.03. The fourth-order valence-corrected chi connectivity index (χ4v) is 8.41. The van der Waals surface area contributed by atoms with Crippen LogP contribution in [0.25, 0.3) is 5.65 Å². The minimum atomic E-state index is -3.69. The molecule has 0 saturated carbocycles. The molecule has 3 saturated heterocycles. The Hall–Kier alpha value is -4.23. The quantitative estimate of drug-likeness (QED) is 0.382. The average Bonchev–Trinajstić information content (AvgIpc) is 3.72. The summed E-state index contributed by atoms with van der Waals surface area (Å²) in [4.78, 5) is 24.1. The molecule has 1 amide bonds. The molecule has 2 atom stereocenters. The van der Waals surface area contributed by atoms with Gasteiger partial charge in [-0.3, -0.25) is 4.79 Å². The van der Waals surface area contributed by atoms with Crippen molar-refractivity contribution in [3.63, 3.8) is 0 Å². The zero-order valence-corrected chi connectivity index (χ0v) is 25.3. The van der Waals surface area contributed by atoms with Crippen LogP contribution in [0, 0.1) is 11.3 Å². The number of aromatic nitrogens is 3. The van der Waals surface area contributed by atoms with Crippen LogP contribution >= 0.6 is 0 Å². The number of amides is 1. The summed E-state index contributed by atoms with van der Waals surface area (Å²) < 4.78 is 30.6. The Labute approximate surface area is 256 Å². The number of nitrogens with one attached hydrogen (secondary N) is 2. The summed E-state index contributed by atoms with van der Waals surface area (Å²) in [5.74, 6) is 0.542. The van der Waals surface area contributed by atoms with Crippen molar-refractivity contribution in [2.75, 3.05) is 69.6 Å². The highest BCUT2D eigenvalue weighted by Crippen LogP contribution is 2.38. The van der Waals surface area contributed by atoms with Gasteiger partial charge in [0.25, 0.3) is 0 Å². The van der Waals surface area contributed by atoms with E-state index in [-0.39, 0.29) is 29.4 Å². The lowest BCUT2D eigenvalue weighted by Crippen LogP contribution is -2.55. The topological polar surface area (TPSA) is 145 Å². The first-order valence-electron chi connectivity index (χ1n) is 14.9. The molecule has 3 fully saturated rings. The van der Waals surface area contributed by atoms with Crippen molar-refractivity contribution in [3.05, 3.63) is 60.1 Å². The summed E-state index contributed by atoms with van der Waals surface area (Å²) >= 11 is 0. The van der Waals surface area contributed by atoms with E-state index in [1.807, 2.05) is 35.5 Å². The number of hydrazine groups is 1. The summed E-state index contributed by atoms with van der Waals surface area (Å²) in [6, 6.07) is 11.8. The third kappa shape index (κ3) is 5.34. The number of hydrogen-bond acceptors (Lipinski definition) is 11. The molecule has 2 unspecified atom stereocenters. The molecule has 1 aromatic carbocycles. The van der Waals surface area contributed by atoms with Crippen molar-refractivity contribution in [2.45, 2.75) is 29.8 Å². The maximum absolute atomic E-state index is 13.6. The lowest BCUT2D eigenvalue weighted by Gasteiger charge is -2.41. The molecule has 2 bridgehead atoms. The maximum atomic E-state index is 13.6. The monoisotopic (exact) mass is 617 g/mol. The summed E-state index contributed by atoms with van der Waals surface area (Å²) in [6.07, 6.45) is 5.30. The van der Waals surface area contributed by atoms with Crippen molar-refractivity contribution in [3.8, 4) is 6.07 Å². The Kier molecular flexibility index (Phi) is 7.37. The number of hydrogen-bond donors (Lipinski definition) is 2. The van der Waals surface area contributed by atoms with Crippen molar-refractivity contribution in [2.24, 2.45) is 0 Å². The molecule has 14 nitrogen and oxygen atoms in total. The van der Waals surface area contributed by atoms with Crippen LogP contribution in [0.1, 0.15) is 18.4 Å². The lowest BCUT2D eigenvalue weighted by atomic mass is 10.2. The van der Waals surface area contributed by atoms with Gasteiger partial charge in [0, 0.05) is 63.7 Å². The fourth-order valence-electron chi connectivity index (χ4n) is 6.56. The van der Waals surface area contributed by atoms with E-state index in [2.05, 4.69) is 32.7 Å². The number of sulfonamides is 1. The lowest BCUT2D eigenvalue weighted by molar-refractivity contribution is -0.133. The van der Waals surface area contributed by atoms with Crippen LogP contribution < -0.4 is 15.6 Å². The third-order valence-corrected chi connectivity index (χ3v) is 10.9. The molecule has 0 radical (unpaired) electrons. The van der Waals surface area contributed by atoms with E-state index < -0.39 is 10.0 Å². The van der Waals surface area contributed by atoms with E-state index in [4.69, 9.17) is 10.2 Å². The van der Waals surface area contributed by atoms with E-state index >= 15 is 0 Å². The minimum Gasteiger partial charge on any atom is -0.365 e. The van der Waals surface area contributed by atoms with Crippen molar-refractivity contribution >= 4 is 33.2 Å². The average molecular weight is 618 g/mol. The van der Waals surface area contributed by atoms with Crippen LogP contribution in [0.3, 0.4) is 0 Å². The molecule has 3 aromatic rings. The second-order valence-corrected chi connectivity index (χ2v) is 13.6. The Bertz CT molecular complexity index is 1730. The Morgan fingerprint density at radius 3 is 2.52 bits per heavy atom. The number of piperazine rings is 2. The van der Waals surface area contributed by atoms with Crippen LogP contribution in [-0.2, 0) is 14.8 Å². The first-order chi connectivity index (χ1) is 21.3. The molecular formula is C29H35N11O3S. The van der Waals surface area contributed by atoms with Crippen LogP contribution in [0.5, 0.6) is 0 Å². The number of carbonyl (C=O) groups is 1. The Morgan fingerprint density at radius 2 is 1.82 bits per heavy atom. The number of nitrogens with zero attached hydrogens (tertiary/aromatic N) is 9. The molecular weight excluding hydrogens is 582 g/mol. The van der Waals surface area contributed by atoms with Crippen LogP contribution in [0.4, 0.5) is 11.6 Å². The number of likely N-dealkylation sites (N-methyl/N-ethyl adjacent to an activating group) is 1. The second-order valence-electron chi connectivity index (χ2n) is 11.8. The first kappa shape index (κ1) is 28.5. The van der Waals surface area contributed by atoms with Gasteiger partial charge in [-0.15, -0.1) is 5.10 Å². The highest BCUT2D eigenvalue weighted by molar-refractivity contribution is 7.89. The van der Waals surface area contributed by atoms with E-state index in [0.29, 0.717) is 36.8 Å². The molecule has 2 aromatic heterocycles. The number of carbonyl (C=O) groups excluding carboxylic acids is 1. The molecule has 4 aliphatic rings. The van der Waals surface area contributed by atoms with Crippen molar-refractivity contribution < 1.29 is 13.2 Å². The molecule has 0 spiro atoms. The third-order valence-electron chi connectivity index (χ3n) is 8.87. The van der Waals surface area contributed by atoms with Gasteiger partial charge in [-0.2, -0.15) is 14.6 Å². The highest BCUT2D eigenvalue weighted by atomic mass is 32.2. The summed E-state index contributed by atoms with van der Waals surface area (Å²) in [5.41, 5.74) is 6.11. The molecule has 2 N–H and O–H groups in total. The van der Waals surface area contributed by atoms with Gasteiger partial charge in [0.05, 0.1) is 34.5 Å². The van der Waals surface area contributed by atoms with Gasteiger partial charge in [-0.25, -0.2) is 18.4 Å². The van der Waals surface area contributed by atoms with Crippen LogP contribution in [0.2, 0.25) is 0 Å². The molecule has 15 heteroatoms. The fraction of sp³-hybridized carbons (Fsp3) is 0.448. The molecule has 44 heavy (non-hydrogen) atoms. The van der Waals surface area contributed by atoms with Gasteiger partial charge in [0.1, 0.15) is 6.54 Å². The van der Waals surface area contributed by atoms with E-state index in [9.17, 15) is 13.2 Å². The molecule has 7 rings (SSSR count). The predicted octanol–water partition coefficient (Wildman–Crippen LogP) is 0.490. The number of benzene rings is 1. The molecule has 0 aliphatic carbocycles. The Morgan fingerprint density at radius 1 is 1.09 bits per heavy atom. The summed E-state index contributed by atoms with van der Waals surface area (Å²) in [5, 5.41) is 18.8. The smallest absolute Gasteiger partial charge is 0.247 e. The highest BCUT2D eigenvalue weighted by Gasteiger charge is 2.47. The van der Waals surface area contributed by atoms with Gasteiger partial charge in [-0.05, 0) is 56.3 Å². The second kappa shape index (κ2) is 11.4. The van der Waals surface area contributed by atoms with Gasteiger partial charge >= 0.3 is 0 Å². The number of fused-ring (bicyclic) bond motifs is 3. The SMILES string of the molecule is CN1CCN(C(=O)CN2C=C(Nc3nc4c(N5CC6CCC(C5)N6S(=O)(=O)c5ccc(C#N)cc5)cccn4n3)CN2)CC1. The standard InChI is InChI=1S/C29H35N11O3S/c1-35-11-13-36(14-12-35)27(41)20-38-17-22(16-31-38)32-29-33-28-26(3-2-10-39(28)34-29)37-18-23-6-7-24(19-37)40(23)44(42,43)25-8-4-21(15-30)5-9-25/h2-5,8-10,17,23-24,31H,6-7,11-14,16,18-20H2,1H3,(H,32,34). The minimum absolute atomic E-state index is 0.0948. The predicted molar refractivity (Wildman–Crippen MR) is 163 cm³/mol. The number of rotatable bonds is 7. The van der Waals surface area contributed by atoms with Crippen LogP contribution in [0.15, 0.2) is 59.4 Å². The number of nitriles is 1. The van der Waals surface area contributed by atoms with E-state index in [1.54, 1.807) is 26.0 Å². The summed E-state index contributed by atoms with van der Waals surface area (Å²) in [6.45, 7) is 5.14. The van der Waals surface area contributed by atoms with E-state index in [0.717, 1.165) is 50.4 Å². The zero-order chi connectivity index (χ0) is 30.4. The first-order valence-corrected chi connectivity index (χ1v) is 16.3. The zero-order valence-electron chi connectivity index (χ0n) is 24.5. The molecule has 230 valence electrons. The van der Waals surface area contributed by atoms with Gasteiger partial charge in [-0.1, -0.05) is 0 Å². The van der Waals surface area contributed by atoms with Gasteiger partial charge in [0.2, 0.25) is 21.9 Å². The van der Waals surface area contributed by atoms with Crippen molar-refractivity contribution in [1.29, 1.82) is 5.26 Å². The summed E-state index contributed by atoms with van der Waals surface area (Å²) in [7, 11) is -1.62.